The molecule has 1 aromatic heterocycles. The zero-order chi connectivity index (χ0) is 10.8. The highest BCUT2D eigenvalue weighted by Gasteiger charge is 2.17. The number of rotatable bonds is 4. The van der Waals surface area contributed by atoms with Crippen LogP contribution in [0.15, 0.2) is 6.07 Å². The van der Waals surface area contributed by atoms with Crippen LogP contribution < -0.4 is 5.73 Å². The topological polar surface area (TPSA) is 26.0 Å². The predicted octanol–water partition coefficient (Wildman–Crippen LogP) is 3.67. The quantitative estimate of drug-likeness (QED) is 0.828. The summed E-state index contributed by atoms with van der Waals surface area (Å²) in [4.78, 5) is 3.02. The van der Waals surface area contributed by atoms with E-state index in [1.165, 1.54) is 30.6 Å². The van der Waals surface area contributed by atoms with Crippen molar-refractivity contribution in [2.75, 3.05) is 0 Å². The summed E-state index contributed by atoms with van der Waals surface area (Å²) in [5, 5.41) is 0. The summed E-state index contributed by atoms with van der Waals surface area (Å²) in [5.41, 5.74) is 7.79. The summed E-state index contributed by atoms with van der Waals surface area (Å²) in [6.07, 6.45) is 6.29. The van der Waals surface area contributed by atoms with E-state index in [2.05, 4.69) is 19.9 Å². The number of aryl methyl sites for hydroxylation is 2. The zero-order valence-corrected chi connectivity index (χ0v) is 10.6. The smallest absolute Gasteiger partial charge is 0.0390 e. The normalized spacial score (nSPS) is 17.1. The van der Waals surface area contributed by atoms with Crippen LogP contribution >= 0.6 is 11.3 Å². The van der Waals surface area contributed by atoms with Crippen molar-refractivity contribution >= 4 is 11.3 Å². The van der Waals surface area contributed by atoms with Gasteiger partial charge in [-0.15, -0.1) is 11.3 Å². The van der Waals surface area contributed by atoms with Gasteiger partial charge in [-0.1, -0.05) is 13.8 Å². The molecule has 1 aromatic rings. The Morgan fingerprint density at radius 3 is 2.80 bits per heavy atom. The van der Waals surface area contributed by atoms with Crippen LogP contribution in [0.2, 0.25) is 0 Å². The van der Waals surface area contributed by atoms with Crippen molar-refractivity contribution in [3.8, 4) is 0 Å². The molecule has 0 amide bonds. The molecule has 1 heterocycles. The minimum atomic E-state index is 0.281. The van der Waals surface area contributed by atoms with Gasteiger partial charge < -0.3 is 5.73 Å². The number of thiophene rings is 1. The molecule has 0 saturated heterocycles. The minimum Gasteiger partial charge on any atom is -0.323 e. The second-order valence-electron chi connectivity index (χ2n) is 5.03. The number of hydrogen-bond donors (Lipinski definition) is 1. The minimum absolute atomic E-state index is 0.281. The maximum Gasteiger partial charge on any atom is 0.0390 e. The lowest BCUT2D eigenvalue weighted by atomic mass is 10.0. The van der Waals surface area contributed by atoms with Crippen molar-refractivity contribution in [3.05, 3.63) is 21.4 Å². The van der Waals surface area contributed by atoms with E-state index in [0.29, 0.717) is 0 Å². The van der Waals surface area contributed by atoms with Crippen molar-refractivity contribution in [2.45, 2.75) is 52.0 Å². The molecule has 84 valence electrons. The van der Waals surface area contributed by atoms with Crippen LogP contribution in [-0.4, -0.2) is 0 Å². The van der Waals surface area contributed by atoms with E-state index >= 15 is 0 Å². The Balaban J connectivity index is 1.97. The molecular formula is C13H21NS. The Hall–Kier alpha value is -0.340. The van der Waals surface area contributed by atoms with Gasteiger partial charge in [0.1, 0.15) is 0 Å². The second kappa shape index (κ2) is 4.67. The molecule has 1 unspecified atom stereocenters. The van der Waals surface area contributed by atoms with E-state index in [0.717, 1.165) is 12.3 Å². The lowest BCUT2D eigenvalue weighted by molar-refractivity contribution is 0.510. The van der Waals surface area contributed by atoms with E-state index in [1.54, 1.807) is 10.4 Å². The average molecular weight is 223 g/mol. The first kappa shape index (κ1) is 11.2. The second-order valence-corrected chi connectivity index (χ2v) is 6.20. The van der Waals surface area contributed by atoms with Gasteiger partial charge in [-0.3, -0.25) is 0 Å². The molecule has 0 saturated carbocycles. The first-order chi connectivity index (χ1) is 7.16. The number of hydrogen-bond acceptors (Lipinski definition) is 2. The van der Waals surface area contributed by atoms with Crippen LogP contribution in [0, 0.1) is 5.92 Å². The molecule has 2 heteroatoms. The molecule has 0 fully saturated rings. The Bertz CT molecular complexity index is 306. The summed E-state index contributed by atoms with van der Waals surface area (Å²) in [5.74, 6) is 0.767. The van der Waals surface area contributed by atoms with Crippen LogP contribution in [0.4, 0.5) is 0 Å². The maximum absolute atomic E-state index is 6.21. The maximum atomic E-state index is 6.21. The molecule has 2 rings (SSSR count). The summed E-state index contributed by atoms with van der Waals surface area (Å²) in [6.45, 7) is 4.53. The molecule has 0 bridgehead atoms. The fourth-order valence-electron chi connectivity index (χ4n) is 2.19. The number of nitrogens with two attached hydrogens (primary N) is 1. The van der Waals surface area contributed by atoms with Crippen LogP contribution in [0.1, 0.15) is 54.5 Å². The van der Waals surface area contributed by atoms with Crippen molar-refractivity contribution in [2.24, 2.45) is 11.7 Å². The van der Waals surface area contributed by atoms with Gasteiger partial charge in [-0.25, -0.2) is 0 Å². The lowest BCUT2D eigenvalue weighted by Crippen LogP contribution is -2.09. The average Bonchev–Trinajstić information content (AvgIpc) is 2.72. The van der Waals surface area contributed by atoms with Gasteiger partial charge in [0, 0.05) is 15.8 Å². The first-order valence-electron chi connectivity index (χ1n) is 6.04. The third-order valence-corrected chi connectivity index (χ3v) is 4.56. The van der Waals surface area contributed by atoms with E-state index in [1.807, 2.05) is 11.3 Å². The molecule has 1 aliphatic rings. The lowest BCUT2D eigenvalue weighted by Gasteiger charge is -2.11. The van der Waals surface area contributed by atoms with Gasteiger partial charge in [0.05, 0.1) is 0 Å². The van der Waals surface area contributed by atoms with E-state index in [9.17, 15) is 0 Å². The Kier molecular flexibility index (Phi) is 3.47. The highest BCUT2D eigenvalue weighted by atomic mass is 32.1. The highest BCUT2D eigenvalue weighted by Crippen LogP contribution is 2.34. The fourth-order valence-corrected chi connectivity index (χ4v) is 3.48. The van der Waals surface area contributed by atoms with Crippen LogP contribution in [0.5, 0.6) is 0 Å². The van der Waals surface area contributed by atoms with Crippen molar-refractivity contribution in [1.29, 1.82) is 0 Å². The molecule has 15 heavy (non-hydrogen) atoms. The van der Waals surface area contributed by atoms with E-state index in [4.69, 9.17) is 5.73 Å². The molecule has 1 nitrogen and oxygen atoms in total. The zero-order valence-electron chi connectivity index (χ0n) is 9.75. The van der Waals surface area contributed by atoms with Crippen molar-refractivity contribution in [3.63, 3.8) is 0 Å². The van der Waals surface area contributed by atoms with Crippen molar-refractivity contribution in [1.82, 2.24) is 0 Å². The van der Waals surface area contributed by atoms with Gasteiger partial charge in [-0.2, -0.15) is 0 Å². The van der Waals surface area contributed by atoms with Gasteiger partial charge in [0.25, 0.3) is 0 Å². The Morgan fingerprint density at radius 2 is 2.13 bits per heavy atom. The molecule has 1 atom stereocenters. The third kappa shape index (κ3) is 2.61. The first-order valence-corrected chi connectivity index (χ1v) is 6.85. The fraction of sp³-hybridized carbons (Fsp3) is 0.692. The molecular weight excluding hydrogens is 202 g/mol. The SMILES string of the molecule is CC(C)CCC(N)c1cc2c(s1)CCC2. The summed E-state index contributed by atoms with van der Waals surface area (Å²) in [7, 11) is 0. The van der Waals surface area contributed by atoms with E-state index < -0.39 is 0 Å². The Morgan fingerprint density at radius 1 is 1.33 bits per heavy atom. The number of fused-ring (bicyclic) bond motifs is 1. The van der Waals surface area contributed by atoms with Crippen LogP contribution in [0.25, 0.3) is 0 Å². The molecule has 0 aliphatic heterocycles. The largest absolute Gasteiger partial charge is 0.323 e. The molecule has 1 aliphatic carbocycles. The van der Waals surface area contributed by atoms with Crippen LogP contribution in [0.3, 0.4) is 0 Å². The third-order valence-electron chi connectivity index (χ3n) is 3.19. The molecule has 0 aromatic carbocycles. The molecule has 2 N–H and O–H groups in total. The van der Waals surface area contributed by atoms with Gasteiger partial charge in [0.15, 0.2) is 0 Å². The van der Waals surface area contributed by atoms with Gasteiger partial charge in [-0.05, 0) is 49.7 Å². The Labute approximate surface area is 96.7 Å². The van der Waals surface area contributed by atoms with E-state index in [-0.39, 0.29) is 6.04 Å². The highest BCUT2D eigenvalue weighted by molar-refractivity contribution is 7.12. The van der Waals surface area contributed by atoms with Gasteiger partial charge in [0.2, 0.25) is 0 Å². The predicted molar refractivity (Wildman–Crippen MR) is 67.3 cm³/mol. The summed E-state index contributed by atoms with van der Waals surface area (Å²) >= 11 is 1.96. The standard InChI is InChI=1S/C13H21NS/c1-9(2)6-7-11(14)13-8-10-4-3-5-12(10)15-13/h8-9,11H,3-7,14H2,1-2H3. The summed E-state index contributed by atoms with van der Waals surface area (Å²) < 4.78 is 0. The van der Waals surface area contributed by atoms with Crippen molar-refractivity contribution < 1.29 is 0 Å². The van der Waals surface area contributed by atoms with Gasteiger partial charge >= 0.3 is 0 Å². The molecule has 0 spiro atoms. The molecule has 0 radical (unpaired) electrons. The van der Waals surface area contributed by atoms with Crippen LogP contribution in [-0.2, 0) is 12.8 Å². The summed E-state index contributed by atoms with van der Waals surface area (Å²) in [6, 6.07) is 2.64. The monoisotopic (exact) mass is 223 g/mol.